The average Bonchev–Trinajstić information content (AvgIpc) is 2.82. The molecule has 23 heavy (non-hydrogen) atoms. The van der Waals surface area contributed by atoms with Gasteiger partial charge in [-0.2, -0.15) is 0 Å². The molecule has 0 radical (unpaired) electrons. The maximum Gasteiger partial charge on any atom is 0.253 e. The van der Waals surface area contributed by atoms with Crippen molar-refractivity contribution in [3.8, 4) is 0 Å². The molecular weight excluding hydrogens is 293 g/mol. The molecular formula is C18H30FN3O. The van der Waals surface area contributed by atoms with Crippen LogP contribution in [-0.2, 0) is 4.79 Å². The molecule has 0 bridgehead atoms. The Labute approximate surface area is 138 Å². The number of piperidine rings is 1. The summed E-state index contributed by atoms with van der Waals surface area (Å²) in [5.41, 5.74) is -1.54. The van der Waals surface area contributed by atoms with E-state index < -0.39 is 11.2 Å². The molecule has 2 heterocycles. The first-order valence-corrected chi connectivity index (χ1v) is 9.19. The topological polar surface area (TPSA) is 53.5 Å². The van der Waals surface area contributed by atoms with E-state index in [1.807, 2.05) is 0 Å². The molecule has 2 N–H and O–H groups in total. The lowest BCUT2D eigenvalue weighted by atomic mass is 9.78. The van der Waals surface area contributed by atoms with Crippen LogP contribution in [0.1, 0.15) is 65.2 Å². The summed E-state index contributed by atoms with van der Waals surface area (Å²) in [5, 5.41) is 6.38. The zero-order valence-corrected chi connectivity index (χ0v) is 14.5. The summed E-state index contributed by atoms with van der Waals surface area (Å²) in [6, 6.07) is 0. The molecule has 5 heteroatoms. The van der Waals surface area contributed by atoms with E-state index in [4.69, 9.17) is 4.99 Å². The second kappa shape index (κ2) is 6.50. The van der Waals surface area contributed by atoms with Crippen LogP contribution in [0.5, 0.6) is 0 Å². The van der Waals surface area contributed by atoms with Crippen molar-refractivity contribution in [2.24, 2.45) is 16.8 Å². The van der Waals surface area contributed by atoms with Crippen molar-refractivity contribution in [3.63, 3.8) is 0 Å². The maximum atomic E-state index is 13.6. The number of halogens is 1. The van der Waals surface area contributed by atoms with Gasteiger partial charge in [-0.15, -0.1) is 0 Å². The lowest BCUT2D eigenvalue weighted by Gasteiger charge is -2.29. The summed E-state index contributed by atoms with van der Waals surface area (Å²) in [6.07, 6.45) is 7.65. The van der Waals surface area contributed by atoms with Crippen LogP contribution in [0.2, 0.25) is 0 Å². The Morgan fingerprint density at radius 3 is 2.48 bits per heavy atom. The van der Waals surface area contributed by atoms with Crippen LogP contribution in [0.4, 0.5) is 4.39 Å². The van der Waals surface area contributed by atoms with Gasteiger partial charge in [0, 0.05) is 5.92 Å². The monoisotopic (exact) mass is 323 g/mol. The van der Waals surface area contributed by atoms with Gasteiger partial charge in [0.15, 0.2) is 0 Å². The number of amides is 1. The molecule has 3 rings (SSSR count). The molecule has 0 aromatic carbocycles. The highest BCUT2D eigenvalue weighted by molar-refractivity contribution is 6.09. The van der Waals surface area contributed by atoms with Gasteiger partial charge in [-0.05, 0) is 84.2 Å². The van der Waals surface area contributed by atoms with Crippen LogP contribution in [0.3, 0.4) is 0 Å². The number of amidine groups is 1. The van der Waals surface area contributed by atoms with Crippen molar-refractivity contribution in [1.82, 2.24) is 10.6 Å². The molecule has 1 amide bonds. The van der Waals surface area contributed by atoms with E-state index in [2.05, 4.69) is 10.6 Å². The van der Waals surface area contributed by atoms with Gasteiger partial charge >= 0.3 is 0 Å². The average molecular weight is 323 g/mol. The minimum Gasteiger partial charge on any atom is -0.317 e. The van der Waals surface area contributed by atoms with Gasteiger partial charge in [0.05, 0.1) is 0 Å². The fourth-order valence-corrected chi connectivity index (χ4v) is 4.19. The zero-order valence-electron chi connectivity index (χ0n) is 14.5. The number of carbonyl (C=O) groups excluding carboxylic acids is 1. The van der Waals surface area contributed by atoms with Crippen molar-refractivity contribution in [2.75, 3.05) is 13.1 Å². The van der Waals surface area contributed by atoms with Crippen molar-refractivity contribution in [1.29, 1.82) is 0 Å². The maximum absolute atomic E-state index is 13.6. The summed E-state index contributed by atoms with van der Waals surface area (Å²) in [4.78, 5) is 17.2. The van der Waals surface area contributed by atoms with E-state index in [0.717, 1.165) is 63.9 Å². The normalized spacial score (nSPS) is 31.1. The number of carbonyl (C=O) groups is 1. The van der Waals surface area contributed by atoms with Crippen molar-refractivity contribution < 1.29 is 9.18 Å². The van der Waals surface area contributed by atoms with Crippen LogP contribution in [0, 0.1) is 11.8 Å². The molecule has 2 fully saturated rings. The first-order chi connectivity index (χ1) is 10.9. The van der Waals surface area contributed by atoms with E-state index in [-0.39, 0.29) is 5.91 Å². The minimum atomic E-state index is -1.05. The summed E-state index contributed by atoms with van der Waals surface area (Å²) in [5.74, 6) is 2.06. The molecule has 0 unspecified atom stereocenters. The fourth-order valence-electron chi connectivity index (χ4n) is 4.19. The Hall–Kier alpha value is -0.970. The lowest BCUT2D eigenvalue weighted by Crippen LogP contribution is -2.47. The third-order valence-corrected chi connectivity index (χ3v) is 5.81. The first-order valence-electron chi connectivity index (χ1n) is 9.19. The number of nitrogens with zero attached hydrogens (tertiary/aromatic N) is 1. The Balaban J connectivity index is 1.54. The largest absolute Gasteiger partial charge is 0.317 e. The zero-order chi connectivity index (χ0) is 16.5. The lowest BCUT2D eigenvalue weighted by molar-refractivity contribution is -0.124. The van der Waals surface area contributed by atoms with Crippen molar-refractivity contribution in [2.45, 2.75) is 76.4 Å². The predicted octanol–water partition coefficient (Wildman–Crippen LogP) is 2.97. The molecule has 1 saturated heterocycles. The number of alkyl halides is 1. The van der Waals surface area contributed by atoms with E-state index >= 15 is 0 Å². The van der Waals surface area contributed by atoms with Crippen molar-refractivity contribution >= 4 is 11.7 Å². The molecule has 0 aromatic heterocycles. The highest BCUT2D eigenvalue weighted by Crippen LogP contribution is 2.36. The van der Waals surface area contributed by atoms with Crippen LogP contribution in [0.15, 0.2) is 4.99 Å². The van der Waals surface area contributed by atoms with Gasteiger partial charge in [0.25, 0.3) is 5.91 Å². The molecule has 1 spiro atoms. The second-order valence-corrected chi connectivity index (χ2v) is 8.21. The van der Waals surface area contributed by atoms with Gasteiger partial charge in [-0.3, -0.25) is 9.79 Å². The Bertz CT molecular complexity index is 469. The molecule has 130 valence electrons. The van der Waals surface area contributed by atoms with Gasteiger partial charge in [-0.25, -0.2) is 4.39 Å². The van der Waals surface area contributed by atoms with Gasteiger partial charge in [0.1, 0.15) is 17.0 Å². The fraction of sp³-hybridized carbons (Fsp3) is 0.889. The number of rotatable bonds is 4. The van der Waals surface area contributed by atoms with Gasteiger partial charge < -0.3 is 10.6 Å². The summed E-state index contributed by atoms with van der Waals surface area (Å²) in [7, 11) is 0. The molecule has 4 nitrogen and oxygen atoms in total. The van der Waals surface area contributed by atoms with Crippen LogP contribution >= 0.6 is 0 Å². The third-order valence-electron chi connectivity index (χ3n) is 5.81. The van der Waals surface area contributed by atoms with E-state index in [1.165, 1.54) is 0 Å². The van der Waals surface area contributed by atoms with E-state index in [9.17, 15) is 9.18 Å². The number of hydrogen-bond acceptors (Lipinski definition) is 3. The molecule has 0 aromatic rings. The van der Waals surface area contributed by atoms with Crippen LogP contribution in [0.25, 0.3) is 0 Å². The molecule has 3 aliphatic rings. The number of nitrogens with one attached hydrogen (secondary N) is 2. The summed E-state index contributed by atoms with van der Waals surface area (Å²) >= 11 is 0. The number of hydrogen-bond donors (Lipinski definition) is 2. The second-order valence-electron chi connectivity index (χ2n) is 8.21. The predicted molar refractivity (Wildman–Crippen MR) is 90.3 cm³/mol. The minimum absolute atomic E-state index is 0.107. The quantitative estimate of drug-likeness (QED) is 0.836. The first kappa shape index (κ1) is 16.9. The van der Waals surface area contributed by atoms with E-state index in [0.29, 0.717) is 18.3 Å². The molecule has 1 aliphatic carbocycles. The third kappa shape index (κ3) is 3.93. The van der Waals surface area contributed by atoms with Crippen molar-refractivity contribution in [3.05, 3.63) is 0 Å². The molecule has 1 saturated carbocycles. The number of aliphatic imine (C=N–C) groups is 1. The Morgan fingerprint density at radius 1 is 1.22 bits per heavy atom. The summed E-state index contributed by atoms with van der Waals surface area (Å²) < 4.78 is 13.6. The van der Waals surface area contributed by atoms with Gasteiger partial charge in [-0.1, -0.05) is 0 Å². The Kier molecular flexibility index (Phi) is 4.77. The van der Waals surface area contributed by atoms with Crippen LogP contribution in [-0.4, -0.2) is 36.0 Å². The van der Waals surface area contributed by atoms with E-state index in [1.54, 1.807) is 13.8 Å². The van der Waals surface area contributed by atoms with Crippen LogP contribution < -0.4 is 10.6 Å². The highest BCUT2D eigenvalue weighted by atomic mass is 19.1. The summed E-state index contributed by atoms with van der Waals surface area (Å²) in [6.45, 7) is 5.08. The molecule has 0 atom stereocenters. The highest BCUT2D eigenvalue weighted by Gasteiger charge is 2.45. The molecule has 2 aliphatic heterocycles. The standard InChI is InChI=1S/C18H30FN3O/c1-17(2,19)8-7-13-3-5-14(6-4-13)15-21-16(23)18(22-15)9-11-20-12-10-18/h13-14,20H,3-12H2,1-2H3,(H,21,22,23). The smallest absolute Gasteiger partial charge is 0.253 e. The Morgan fingerprint density at radius 2 is 1.87 bits per heavy atom. The SMILES string of the molecule is CC(C)(F)CCC1CCC(C2=NC3(CCNCC3)C(=O)N2)CC1. The van der Waals surface area contributed by atoms with Gasteiger partial charge in [0.2, 0.25) is 0 Å².